The summed E-state index contributed by atoms with van der Waals surface area (Å²) in [6, 6.07) is 8.94. The summed E-state index contributed by atoms with van der Waals surface area (Å²) in [5, 5.41) is 26.6. The molecule has 0 aliphatic carbocycles. The van der Waals surface area contributed by atoms with Crippen molar-refractivity contribution in [3.05, 3.63) is 50.4 Å². The minimum Gasteiger partial charge on any atom is -0.506 e. The number of hydrogen-bond donors (Lipinski definition) is 3. The van der Waals surface area contributed by atoms with Gasteiger partial charge in [-0.25, -0.2) is 0 Å². The highest BCUT2D eigenvalue weighted by Gasteiger charge is 2.25. The van der Waals surface area contributed by atoms with Crippen LogP contribution >= 0.6 is 31.9 Å². The molecule has 2 aromatic carbocycles. The van der Waals surface area contributed by atoms with Crippen LogP contribution in [0, 0.1) is 0 Å². The summed E-state index contributed by atoms with van der Waals surface area (Å²) in [6.45, 7) is 0. The largest absolute Gasteiger partial charge is 0.506 e. The zero-order valence-electron chi connectivity index (χ0n) is 12.4. The first-order chi connectivity index (χ1) is 12.0. The number of amides is 1. The molecule has 3 N–H and O–H groups in total. The molecule has 0 spiro atoms. The van der Waals surface area contributed by atoms with Gasteiger partial charge >= 0.3 is 0 Å². The third kappa shape index (κ3) is 2.85. The number of fused-ring (bicyclic) bond motifs is 1. The number of anilines is 1. The van der Waals surface area contributed by atoms with Gasteiger partial charge in [-0.15, -0.1) is 10.2 Å². The number of tetrazole rings is 1. The average Bonchev–Trinajstić information content (AvgIpc) is 3.21. The van der Waals surface area contributed by atoms with Crippen LogP contribution in [0.3, 0.4) is 0 Å². The molecular weight excluding hydrogens is 454 g/mol. The van der Waals surface area contributed by atoms with Gasteiger partial charge in [-0.1, -0.05) is 0 Å². The molecule has 4 rings (SSSR count). The SMILES string of the molecule is O=C1Nc2ccc(-c3nn[nH]n3)cc2C1=Cc1cc(Br)c(O)c(Br)c1. The van der Waals surface area contributed by atoms with E-state index in [0.29, 0.717) is 20.3 Å². The lowest BCUT2D eigenvalue weighted by Gasteiger charge is -2.04. The summed E-state index contributed by atoms with van der Waals surface area (Å²) in [4.78, 5) is 12.4. The predicted octanol–water partition coefficient (Wildman–Crippen LogP) is 3.59. The van der Waals surface area contributed by atoms with E-state index in [9.17, 15) is 9.90 Å². The van der Waals surface area contributed by atoms with Gasteiger partial charge in [0.05, 0.1) is 8.95 Å². The Labute approximate surface area is 158 Å². The summed E-state index contributed by atoms with van der Waals surface area (Å²) in [7, 11) is 0. The van der Waals surface area contributed by atoms with Crippen molar-refractivity contribution in [2.24, 2.45) is 0 Å². The van der Waals surface area contributed by atoms with E-state index in [2.05, 4.69) is 57.8 Å². The highest BCUT2D eigenvalue weighted by molar-refractivity contribution is 9.11. The fraction of sp³-hybridized carbons (Fsp3) is 0. The van der Waals surface area contributed by atoms with E-state index in [4.69, 9.17) is 0 Å². The molecule has 0 unspecified atom stereocenters. The highest BCUT2D eigenvalue weighted by Crippen LogP contribution is 2.38. The third-order valence-corrected chi connectivity index (χ3v) is 4.97. The molecule has 3 aromatic rings. The van der Waals surface area contributed by atoms with E-state index >= 15 is 0 Å². The average molecular weight is 463 g/mol. The van der Waals surface area contributed by atoms with Gasteiger partial charge in [0.15, 0.2) is 0 Å². The van der Waals surface area contributed by atoms with Crippen LogP contribution in [0.2, 0.25) is 0 Å². The van der Waals surface area contributed by atoms with Gasteiger partial charge in [0.25, 0.3) is 5.91 Å². The molecule has 0 saturated heterocycles. The Hall–Kier alpha value is -2.52. The topological polar surface area (TPSA) is 104 Å². The number of aromatic nitrogens is 4. The Morgan fingerprint density at radius 1 is 1.12 bits per heavy atom. The second-order valence-electron chi connectivity index (χ2n) is 5.34. The maximum absolute atomic E-state index is 12.4. The van der Waals surface area contributed by atoms with Crippen LogP contribution in [-0.4, -0.2) is 31.6 Å². The molecule has 2 heterocycles. The number of aromatic hydroxyl groups is 1. The third-order valence-electron chi connectivity index (χ3n) is 3.76. The highest BCUT2D eigenvalue weighted by atomic mass is 79.9. The number of rotatable bonds is 2. The summed E-state index contributed by atoms with van der Waals surface area (Å²) in [5.41, 5.74) is 3.51. The Bertz CT molecular complexity index is 1010. The normalized spacial score (nSPS) is 14.6. The van der Waals surface area contributed by atoms with Crippen LogP contribution in [0.5, 0.6) is 5.75 Å². The number of halogens is 2. The molecule has 1 aliphatic rings. The second kappa shape index (κ2) is 6.08. The molecular formula is C16H9Br2N5O2. The van der Waals surface area contributed by atoms with Gasteiger partial charge in [-0.2, -0.15) is 5.21 Å². The number of benzene rings is 2. The number of hydrogen-bond acceptors (Lipinski definition) is 5. The van der Waals surface area contributed by atoms with Crippen molar-refractivity contribution < 1.29 is 9.90 Å². The number of carbonyl (C=O) groups is 1. The van der Waals surface area contributed by atoms with Crippen molar-refractivity contribution >= 4 is 55.1 Å². The number of phenolic OH excluding ortho intramolecular Hbond substituents is 1. The van der Waals surface area contributed by atoms with Crippen molar-refractivity contribution in [3.8, 4) is 17.1 Å². The van der Waals surface area contributed by atoms with Gasteiger partial charge in [0.2, 0.25) is 5.82 Å². The van der Waals surface area contributed by atoms with Crippen molar-refractivity contribution in [1.29, 1.82) is 0 Å². The molecule has 9 heteroatoms. The van der Waals surface area contributed by atoms with Crippen molar-refractivity contribution in [3.63, 3.8) is 0 Å². The molecule has 1 aromatic heterocycles. The lowest BCUT2D eigenvalue weighted by Crippen LogP contribution is -2.03. The number of aromatic amines is 1. The first-order valence-corrected chi connectivity index (χ1v) is 8.71. The van der Waals surface area contributed by atoms with Gasteiger partial charge < -0.3 is 10.4 Å². The van der Waals surface area contributed by atoms with Gasteiger partial charge in [-0.05, 0) is 79.0 Å². The summed E-state index contributed by atoms with van der Waals surface area (Å²) < 4.78 is 1.07. The van der Waals surface area contributed by atoms with Gasteiger partial charge in [-0.3, -0.25) is 4.79 Å². The lowest BCUT2D eigenvalue weighted by atomic mass is 10.0. The molecule has 124 valence electrons. The first kappa shape index (κ1) is 16.0. The molecule has 0 radical (unpaired) electrons. The monoisotopic (exact) mass is 461 g/mol. The van der Waals surface area contributed by atoms with Crippen molar-refractivity contribution in [2.45, 2.75) is 0 Å². The van der Waals surface area contributed by atoms with Crippen LogP contribution in [0.1, 0.15) is 11.1 Å². The van der Waals surface area contributed by atoms with Crippen LogP contribution in [-0.2, 0) is 4.79 Å². The predicted molar refractivity (Wildman–Crippen MR) is 99.6 cm³/mol. The van der Waals surface area contributed by atoms with E-state index in [1.165, 1.54) is 0 Å². The van der Waals surface area contributed by atoms with Crippen molar-refractivity contribution in [1.82, 2.24) is 20.6 Å². The zero-order chi connectivity index (χ0) is 17.6. The molecule has 7 nitrogen and oxygen atoms in total. The Morgan fingerprint density at radius 3 is 2.56 bits per heavy atom. The fourth-order valence-corrected chi connectivity index (χ4v) is 3.81. The van der Waals surface area contributed by atoms with Gasteiger partial charge in [0.1, 0.15) is 5.75 Å². The summed E-state index contributed by atoms with van der Waals surface area (Å²) >= 11 is 6.59. The van der Waals surface area contributed by atoms with E-state index in [1.54, 1.807) is 18.2 Å². The number of phenols is 1. The Morgan fingerprint density at radius 2 is 1.88 bits per heavy atom. The maximum atomic E-state index is 12.4. The molecule has 0 fully saturated rings. The molecule has 0 bridgehead atoms. The van der Waals surface area contributed by atoms with Crippen LogP contribution in [0.4, 0.5) is 5.69 Å². The van der Waals surface area contributed by atoms with Crippen LogP contribution in [0.25, 0.3) is 23.0 Å². The standard InChI is InChI=1S/C16H9Br2N5O2/c17-11-4-7(5-12(18)14(11)24)3-10-9-6-8(15-20-22-23-21-15)1-2-13(9)19-16(10)25/h1-6,24H,(H,19,25)(H,20,21,22,23). The number of H-pyrrole nitrogens is 1. The maximum Gasteiger partial charge on any atom is 0.256 e. The molecule has 0 atom stereocenters. The number of nitrogens with one attached hydrogen (secondary N) is 2. The quantitative estimate of drug-likeness (QED) is 0.505. The van der Waals surface area contributed by atoms with E-state index in [0.717, 1.165) is 22.4 Å². The van der Waals surface area contributed by atoms with Crippen LogP contribution in [0.15, 0.2) is 39.3 Å². The van der Waals surface area contributed by atoms with Gasteiger partial charge in [0, 0.05) is 22.4 Å². The Kier molecular flexibility index (Phi) is 3.89. The molecule has 0 saturated carbocycles. The second-order valence-corrected chi connectivity index (χ2v) is 7.05. The zero-order valence-corrected chi connectivity index (χ0v) is 15.6. The minimum atomic E-state index is -0.194. The lowest BCUT2D eigenvalue weighted by molar-refractivity contribution is -0.110. The molecule has 1 aliphatic heterocycles. The molecule has 1 amide bonds. The smallest absolute Gasteiger partial charge is 0.256 e. The minimum absolute atomic E-state index is 0.109. The van der Waals surface area contributed by atoms with E-state index < -0.39 is 0 Å². The number of nitrogens with zero attached hydrogens (tertiary/aromatic N) is 3. The van der Waals surface area contributed by atoms with Crippen LogP contribution < -0.4 is 5.32 Å². The van der Waals surface area contributed by atoms with E-state index in [-0.39, 0.29) is 11.7 Å². The van der Waals surface area contributed by atoms with E-state index in [1.807, 2.05) is 18.2 Å². The Balaban J connectivity index is 1.82. The number of carbonyl (C=O) groups excluding carboxylic acids is 1. The molecule has 25 heavy (non-hydrogen) atoms. The summed E-state index contributed by atoms with van der Waals surface area (Å²) in [5.74, 6) is 0.370. The van der Waals surface area contributed by atoms with Crippen molar-refractivity contribution in [2.75, 3.05) is 5.32 Å². The first-order valence-electron chi connectivity index (χ1n) is 7.12. The fourth-order valence-electron chi connectivity index (χ4n) is 2.59. The summed E-state index contributed by atoms with van der Waals surface area (Å²) in [6.07, 6.45) is 1.76.